The highest BCUT2D eigenvalue weighted by Crippen LogP contribution is 2.46. The third-order valence-corrected chi connectivity index (χ3v) is 12.7. The molecular weight excluding hydrogens is 719 g/mol. The topological polar surface area (TPSA) is 3.24 Å². The van der Waals surface area contributed by atoms with Crippen molar-refractivity contribution in [1.82, 2.24) is 0 Å². The fourth-order valence-corrected chi connectivity index (χ4v) is 9.98. The number of benzene rings is 10. The van der Waals surface area contributed by atoms with Crippen molar-refractivity contribution in [1.29, 1.82) is 0 Å². The molecule has 0 N–H and O–H groups in total. The van der Waals surface area contributed by atoms with Gasteiger partial charge in [-0.2, -0.15) is 0 Å². The summed E-state index contributed by atoms with van der Waals surface area (Å²) in [7, 11) is 0. The SMILES string of the molecule is c1ccc(-c2ccc(N(c3ccc(-c4cccc5c4sc4c5ccc5ccc6ccccc6c54)cc3)c3cc(-c4ccccc4)cc(-c4ccccc4)c3)cc2)cc1. The van der Waals surface area contributed by atoms with E-state index in [9.17, 15) is 0 Å². The molecule has 0 aliphatic carbocycles. The quantitative estimate of drug-likeness (QED) is 0.146. The average molecular weight is 756 g/mol. The Hall–Kier alpha value is -7.26. The van der Waals surface area contributed by atoms with Crippen molar-refractivity contribution >= 4 is 70.1 Å². The first-order valence-electron chi connectivity index (χ1n) is 19.8. The maximum atomic E-state index is 2.40. The van der Waals surface area contributed by atoms with E-state index in [1.165, 1.54) is 86.2 Å². The molecule has 1 heterocycles. The summed E-state index contributed by atoms with van der Waals surface area (Å²) in [5.74, 6) is 0. The summed E-state index contributed by atoms with van der Waals surface area (Å²) in [5, 5.41) is 7.85. The Labute approximate surface area is 342 Å². The van der Waals surface area contributed by atoms with Gasteiger partial charge in [-0.3, -0.25) is 0 Å². The number of fused-ring (bicyclic) bond motifs is 7. The summed E-state index contributed by atoms with van der Waals surface area (Å²) in [5.41, 5.74) is 12.9. The molecule has 0 fully saturated rings. The fraction of sp³-hybridized carbons (Fsp3) is 0. The lowest BCUT2D eigenvalue weighted by molar-refractivity contribution is 1.28. The van der Waals surface area contributed by atoms with E-state index in [2.05, 4.69) is 229 Å². The van der Waals surface area contributed by atoms with Gasteiger partial charge in [-0.25, -0.2) is 0 Å². The molecule has 0 spiro atoms. The Kier molecular flexibility index (Phi) is 8.42. The van der Waals surface area contributed by atoms with Gasteiger partial charge in [0.2, 0.25) is 0 Å². The lowest BCUT2D eigenvalue weighted by Gasteiger charge is -2.27. The molecule has 1 aromatic heterocycles. The summed E-state index contributed by atoms with van der Waals surface area (Å²) in [6.07, 6.45) is 0. The summed E-state index contributed by atoms with van der Waals surface area (Å²) in [6, 6.07) is 81.8. The first-order chi connectivity index (χ1) is 28.7. The molecule has 0 aliphatic rings. The molecule has 11 rings (SSSR count). The van der Waals surface area contributed by atoms with E-state index in [0.29, 0.717) is 0 Å². The van der Waals surface area contributed by atoms with E-state index in [-0.39, 0.29) is 0 Å². The Morgan fingerprint density at radius 1 is 0.276 bits per heavy atom. The predicted octanol–water partition coefficient (Wildman–Crippen LogP) is 16.5. The fourth-order valence-electron chi connectivity index (χ4n) is 8.58. The van der Waals surface area contributed by atoms with Crippen molar-refractivity contribution in [2.45, 2.75) is 0 Å². The van der Waals surface area contributed by atoms with Crippen molar-refractivity contribution in [3.8, 4) is 44.5 Å². The van der Waals surface area contributed by atoms with Crippen LogP contribution in [0.4, 0.5) is 17.1 Å². The normalized spacial score (nSPS) is 11.4. The van der Waals surface area contributed by atoms with E-state index in [4.69, 9.17) is 0 Å². The largest absolute Gasteiger partial charge is 0.310 e. The monoisotopic (exact) mass is 755 g/mol. The predicted molar refractivity (Wildman–Crippen MR) is 251 cm³/mol. The second-order valence-electron chi connectivity index (χ2n) is 14.9. The minimum Gasteiger partial charge on any atom is -0.310 e. The zero-order valence-corrected chi connectivity index (χ0v) is 32.5. The van der Waals surface area contributed by atoms with Crippen LogP contribution >= 0.6 is 11.3 Å². The zero-order valence-electron chi connectivity index (χ0n) is 31.7. The van der Waals surface area contributed by atoms with Crippen LogP contribution in [-0.2, 0) is 0 Å². The molecule has 0 amide bonds. The van der Waals surface area contributed by atoms with Crippen LogP contribution in [0.2, 0.25) is 0 Å². The third kappa shape index (κ3) is 6.03. The number of rotatable bonds is 7. The van der Waals surface area contributed by atoms with Gasteiger partial charge < -0.3 is 4.90 Å². The van der Waals surface area contributed by atoms with E-state index in [1.54, 1.807) is 0 Å². The van der Waals surface area contributed by atoms with Crippen LogP contribution < -0.4 is 4.90 Å². The van der Waals surface area contributed by atoms with Gasteiger partial charge in [-0.1, -0.05) is 182 Å². The summed E-state index contributed by atoms with van der Waals surface area (Å²) in [6.45, 7) is 0. The number of thiophene rings is 1. The molecule has 0 unspecified atom stereocenters. The summed E-state index contributed by atoms with van der Waals surface area (Å²) < 4.78 is 2.67. The lowest BCUT2D eigenvalue weighted by Crippen LogP contribution is -2.10. The Bertz CT molecular complexity index is 3180. The van der Waals surface area contributed by atoms with Gasteiger partial charge in [-0.15, -0.1) is 11.3 Å². The Balaban J connectivity index is 1.06. The van der Waals surface area contributed by atoms with E-state index in [0.717, 1.165) is 17.1 Å². The molecule has 1 nitrogen and oxygen atoms in total. The highest BCUT2D eigenvalue weighted by Gasteiger charge is 2.18. The molecule has 10 aromatic carbocycles. The van der Waals surface area contributed by atoms with Gasteiger partial charge in [0.25, 0.3) is 0 Å². The van der Waals surface area contributed by atoms with Gasteiger partial charge in [0.05, 0.1) is 0 Å². The van der Waals surface area contributed by atoms with E-state index >= 15 is 0 Å². The van der Waals surface area contributed by atoms with Crippen LogP contribution in [0, 0.1) is 0 Å². The number of hydrogen-bond donors (Lipinski definition) is 0. The molecule has 0 aliphatic heterocycles. The standard InChI is InChI=1S/C56H37NS/c1-4-13-38(14-5-1)41-25-30-47(31-26-41)57(49-36-45(39-15-6-2-7-16-39)35-46(37-49)40-17-8-3-9-18-40)48-32-27-43(28-33-48)51-21-12-22-52-53-34-29-44-24-23-42-19-10-11-20-50(42)54(44)56(53)58-55(51)52/h1-37H. The number of hydrogen-bond acceptors (Lipinski definition) is 2. The number of anilines is 3. The van der Waals surface area contributed by atoms with Crippen molar-refractivity contribution in [3.05, 3.63) is 224 Å². The second-order valence-corrected chi connectivity index (χ2v) is 15.9. The number of nitrogens with zero attached hydrogens (tertiary/aromatic N) is 1. The molecule has 0 saturated carbocycles. The smallest absolute Gasteiger partial charge is 0.0473 e. The molecule has 58 heavy (non-hydrogen) atoms. The Morgan fingerprint density at radius 3 is 1.40 bits per heavy atom. The summed E-state index contributed by atoms with van der Waals surface area (Å²) in [4.78, 5) is 2.40. The van der Waals surface area contributed by atoms with Gasteiger partial charge in [0, 0.05) is 42.6 Å². The molecule has 0 atom stereocenters. The van der Waals surface area contributed by atoms with Gasteiger partial charge >= 0.3 is 0 Å². The first-order valence-corrected chi connectivity index (χ1v) is 20.6. The van der Waals surface area contributed by atoms with Crippen LogP contribution in [0.3, 0.4) is 0 Å². The van der Waals surface area contributed by atoms with Crippen LogP contribution in [0.15, 0.2) is 224 Å². The lowest BCUT2D eigenvalue weighted by atomic mass is 9.97. The maximum Gasteiger partial charge on any atom is 0.0473 e. The Morgan fingerprint density at radius 2 is 0.759 bits per heavy atom. The van der Waals surface area contributed by atoms with Gasteiger partial charge in [0.1, 0.15) is 0 Å². The van der Waals surface area contributed by atoms with Crippen LogP contribution in [0.25, 0.3) is 86.2 Å². The highest BCUT2D eigenvalue weighted by atomic mass is 32.1. The van der Waals surface area contributed by atoms with Crippen molar-refractivity contribution in [2.24, 2.45) is 0 Å². The molecule has 0 saturated heterocycles. The van der Waals surface area contributed by atoms with Gasteiger partial charge in [0.15, 0.2) is 0 Å². The average Bonchev–Trinajstić information content (AvgIpc) is 3.70. The molecule has 11 aromatic rings. The maximum absolute atomic E-state index is 2.40. The van der Waals surface area contributed by atoms with Crippen molar-refractivity contribution in [3.63, 3.8) is 0 Å². The van der Waals surface area contributed by atoms with Gasteiger partial charge in [-0.05, 0) is 103 Å². The van der Waals surface area contributed by atoms with Crippen LogP contribution in [-0.4, -0.2) is 0 Å². The van der Waals surface area contributed by atoms with E-state index in [1.807, 2.05) is 11.3 Å². The minimum absolute atomic E-state index is 1.10. The molecule has 0 radical (unpaired) electrons. The first kappa shape index (κ1) is 34.0. The second kappa shape index (κ2) is 14.4. The van der Waals surface area contributed by atoms with E-state index < -0.39 is 0 Å². The summed E-state index contributed by atoms with van der Waals surface area (Å²) >= 11 is 1.92. The molecular formula is C56H37NS. The third-order valence-electron chi connectivity index (χ3n) is 11.4. The van der Waals surface area contributed by atoms with Crippen LogP contribution in [0.5, 0.6) is 0 Å². The highest BCUT2D eigenvalue weighted by molar-refractivity contribution is 7.27. The van der Waals surface area contributed by atoms with Crippen LogP contribution in [0.1, 0.15) is 0 Å². The molecule has 272 valence electrons. The molecule has 0 bridgehead atoms. The minimum atomic E-state index is 1.10. The zero-order chi connectivity index (χ0) is 38.4. The van der Waals surface area contributed by atoms with Crippen molar-refractivity contribution in [2.75, 3.05) is 4.90 Å². The van der Waals surface area contributed by atoms with Crippen molar-refractivity contribution < 1.29 is 0 Å². The molecule has 2 heteroatoms.